The summed E-state index contributed by atoms with van der Waals surface area (Å²) in [5, 5.41) is 0. The molecule has 68 valence electrons. The summed E-state index contributed by atoms with van der Waals surface area (Å²) in [5.41, 5.74) is 0. The highest BCUT2D eigenvalue weighted by Gasteiger charge is 2.03. The molecule has 1 aliphatic heterocycles. The molecule has 11 heavy (non-hydrogen) atoms. The van der Waals surface area contributed by atoms with Crippen LogP contribution in [0.2, 0.25) is 0 Å². The van der Waals surface area contributed by atoms with E-state index in [2.05, 4.69) is 4.90 Å². The molecule has 0 saturated carbocycles. The van der Waals surface area contributed by atoms with E-state index in [4.69, 9.17) is 9.53 Å². The summed E-state index contributed by atoms with van der Waals surface area (Å²) in [5.74, 6) is 0. The molecule has 3 heteroatoms. The van der Waals surface area contributed by atoms with E-state index >= 15 is 0 Å². The lowest BCUT2D eigenvalue weighted by molar-refractivity contribution is -0.106. The van der Waals surface area contributed by atoms with Crippen molar-refractivity contribution in [3.63, 3.8) is 0 Å². The van der Waals surface area contributed by atoms with E-state index in [1.165, 1.54) is 6.92 Å². The molecular weight excluding hydrogens is 142 g/mol. The van der Waals surface area contributed by atoms with Crippen LogP contribution in [0.4, 0.5) is 0 Å². The molecule has 1 aliphatic rings. The summed E-state index contributed by atoms with van der Waals surface area (Å²) in [6.07, 6.45) is 0.750. The van der Waals surface area contributed by atoms with Gasteiger partial charge in [0.2, 0.25) is 0 Å². The van der Waals surface area contributed by atoms with Crippen molar-refractivity contribution in [3.8, 4) is 0 Å². The third-order valence-corrected chi connectivity index (χ3v) is 0.929. The van der Waals surface area contributed by atoms with Gasteiger partial charge in [-0.2, -0.15) is 0 Å². The zero-order chi connectivity index (χ0) is 9.11. The Hall–Kier alpha value is -0.410. The summed E-state index contributed by atoms with van der Waals surface area (Å²) in [6, 6.07) is 0. The first kappa shape index (κ1) is 13.2. The first-order chi connectivity index (χ1) is 5.31. The first-order valence-electron chi connectivity index (χ1n) is 3.97. The molecule has 0 aromatic heterocycles. The number of hydrogen-bond acceptors (Lipinski definition) is 3. The van der Waals surface area contributed by atoms with Crippen molar-refractivity contribution in [3.05, 3.63) is 0 Å². The SMILES string of the molecule is CC.CC=O.CN1CCOC1. The van der Waals surface area contributed by atoms with Gasteiger partial charge in [0.15, 0.2) is 0 Å². The number of nitrogens with zero attached hydrogens (tertiary/aromatic N) is 1. The Balaban J connectivity index is 0. The molecule has 1 fully saturated rings. The average molecular weight is 161 g/mol. The lowest BCUT2D eigenvalue weighted by Gasteiger charge is -1.98. The molecule has 1 saturated heterocycles. The minimum absolute atomic E-state index is 0.750. The van der Waals surface area contributed by atoms with E-state index < -0.39 is 0 Å². The molecular formula is C8H19NO2. The highest BCUT2D eigenvalue weighted by Crippen LogP contribution is 1.91. The molecule has 0 spiro atoms. The van der Waals surface area contributed by atoms with Crippen molar-refractivity contribution in [2.75, 3.05) is 26.9 Å². The molecule has 1 heterocycles. The third kappa shape index (κ3) is 12.7. The Labute approximate surface area is 69.3 Å². The highest BCUT2D eigenvalue weighted by atomic mass is 16.5. The predicted molar refractivity (Wildman–Crippen MR) is 46.5 cm³/mol. The maximum Gasteiger partial charge on any atom is 0.116 e. The van der Waals surface area contributed by atoms with Gasteiger partial charge in [-0.1, -0.05) is 13.8 Å². The maximum atomic E-state index is 8.81. The standard InChI is InChI=1S/C4H9NO.C2H4O.C2H6/c1-5-2-3-6-4-5;1-2-3;1-2/h2-4H2,1H3;2H,1H3;1-2H3. The Morgan fingerprint density at radius 1 is 1.45 bits per heavy atom. The van der Waals surface area contributed by atoms with Crippen molar-refractivity contribution < 1.29 is 9.53 Å². The van der Waals surface area contributed by atoms with Crippen LogP contribution < -0.4 is 0 Å². The number of likely N-dealkylation sites (N-methyl/N-ethyl adjacent to an activating group) is 1. The van der Waals surface area contributed by atoms with Crippen LogP contribution in [-0.4, -0.2) is 38.1 Å². The quantitative estimate of drug-likeness (QED) is 0.499. The van der Waals surface area contributed by atoms with Crippen LogP contribution >= 0.6 is 0 Å². The van der Waals surface area contributed by atoms with Crippen LogP contribution in [0.3, 0.4) is 0 Å². The highest BCUT2D eigenvalue weighted by molar-refractivity contribution is 5.44. The van der Waals surface area contributed by atoms with Crippen LogP contribution in [0.25, 0.3) is 0 Å². The third-order valence-electron chi connectivity index (χ3n) is 0.929. The van der Waals surface area contributed by atoms with E-state index in [1.54, 1.807) is 0 Å². The Morgan fingerprint density at radius 3 is 2.00 bits per heavy atom. The van der Waals surface area contributed by atoms with Crippen LogP contribution in [0.15, 0.2) is 0 Å². The summed E-state index contributed by atoms with van der Waals surface area (Å²) in [4.78, 5) is 10.9. The molecule has 0 aliphatic carbocycles. The van der Waals surface area contributed by atoms with Crippen LogP contribution in [0, 0.1) is 0 Å². The second-order valence-corrected chi connectivity index (χ2v) is 1.85. The molecule has 0 aromatic carbocycles. The minimum Gasteiger partial charge on any atom is -0.365 e. The Kier molecular flexibility index (Phi) is 14.7. The number of aldehydes is 1. The van der Waals surface area contributed by atoms with Gasteiger partial charge < -0.3 is 9.53 Å². The van der Waals surface area contributed by atoms with Gasteiger partial charge in [0.1, 0.15) is 6.29 Å². The average Bonchev–Trinajstić information content (AvgIpc) is 2.46. The van der Waals surface area contributed by atoms with Gasteiger partial charge in [0, 0.05) is 6.54 Å². The van der Waals surface area contributed by atoms with Gasteiger partial charge in [-0.15, -0.1) is 0 Å². The smallest absolute Gasteiger partial charge is 0.116 e. The minimum atomic E-state index is 0.750. The lowest BCUT2D eigenvalue weighted by Crippen LogP contribution is -2.11. The fraction of sp³-hybridized carbons (Fsp3) is 0.875. The van der Waals surface area contributed by atoms with E-state index in [1.807, 2.05) is 20.9 Å². The summed E-state index contributed by atoms with van der Waals surface area (Å²) in [7, 11) is 2.05. The zero-order valence-corrected chi connectivity index (χ0v) is 7.96. The molecule has 3 nitrogen and oxygen atoms in total. The van der Waals surface area contributed by atoms with Crippen molar-refractivity contribution in [2.24, 2.45) is 0 Å². The maximum absolute atomic E-state index is 8.81. The first-order valence-corrected chi connectivity index (χ1v) is 3.97. The normalized spacial score (nSPS) is 15.6. The second kappa shape index (κ2) is 12.3. The molecule has 0 amide bonds. The van der Waals surface area contributed by atoms with E-state index in [-0.39, 0.29) is 0 Å². The molecule has 0 aromatic rings. The van der Waals surface area contributed by atoms with Crippen LogP contribution in [0.5, 0.6) is 0 Å². The molecule has 0 radical (unpaired) electrons. The fourth-order valence-electron chi connectivity index (χ4n) is 0.505. The van der Waals surface area contributed by atoms with Gasteiger partial charge >= 0.3 is 0 Å². The van der Waals surface area contributed by atoms with Crippen LogP contribution in [-0.2, 0) is 9.53 Å². The van der Waals surface area contributed by atoms with Crippen molar-refractivity contribution >= 4 is 6.29 Å². The molecule has 0 atom stereocenters. The van der Waals surface area contributed by atoms with Gasteiger partial charge in [-0.05, 0) is 14.0 Å². The zero-order valence-electron chi connectivity index (χ0n) is 7.96. The van der Waals surface area contributed by atoms with Gasteiger partial charge in [-0.25, -0.2) is 0 Å². The van der Waals surface area contributed by atoms with E-state index in [0.717, 1.165) is 26.2 Å². The van der Waals surface area contributed by atoms with Crippen molar-refractivity contribution in [2.45, 2.75) is 20.8 Å². The molecule has 0 unspecified atom stereocenters. The number of ether oxygens (including phenoxy) is 1. The van der Waals surface area contributed by atoms with E-state index in [9.17, 15) is 0 Å². The van der Waals surface area contributed by atoms with Crippen LogP contribution in [0.1, 0.15) is 20.8 Å². The van der Waals surface area contributed by atoms with Crippen molar-refractivity contribution in [1.29, 1.82) is 0 Å². The van der Waals surface area contributed by atoms with Gasteiger partial charge in [0.05, 0.1) is 13.3 Å². The fourth-order valence-corrected chi connectivity index (χ4v) is 0.505. The molecule has 0 N–H and O–H groups in total. The Morgan fingerprint density at radius 2 is 1.91 bits per heavy atom. The lowest BCUT2D eigenvalue weighted by atomic mass is 10.7. The molecule has 0 bridgehead atoms. The largest absolute Gasteiger partial charge is 0.365 e. The van der Waals surface area contributed by atoms with E-state index in [0.29, 0.717) is 0 Å². The van der Waals surface area contributed by atoms with Crippen molar-refractivity contribution in [1.82, 2.24) is 4.90 Å². The Bertz CT molecular complexity index is 70.5. The number of rotatable bonds is 0. The topological polar surface area (TPSA) is 29.5 Å². The van der Waals surface area contributed by atoms with Gasteiger partial charge in [0.25, 0.3) is 0 Å². The number of carbonyl (C=O) groups is 1. The molecule has 1 rings (SSSR count). The summed E-state index contributed by atoms with van der Waals surface area (Å²) >= 11 is 0. The monoisotopic (exact) mass is 161 g/mol. The predicted octanol–water partition coefficient (Wildman–Crippen LogP) is 1.14. The summed E-state index contributed by atoms with van der Waals surface area (Å²) < 4.78 is 4.98. The summed E-state index contributed by atoms with van der Waals surface area (Å²) in [6.45, 7) is 8.27. The number of carbonyl (C=O) groups excluding carboxylic acids is 1. The number of hydrogen-bond donors (Lipinski definition) is 0. The second-order valence-electron chi connectivity index (χ2n) is 1.85. The van der Waals surface area contributed by atoms with Gasteiger partial charge in [-0.3, -0.25) is 4.90 Å².